The summed E-state index contributed by atoms with van der Waals surface area (Å²) in [7, 11) is 3.34. The zero-order valence-electron chi connectivity index (χ0n) is 17.8. The Morgan fingerprint density at radius 2 is 1.65 bits per heavy atom. The molecule has 31 heavy (non-hydrogen) atoms. The van der Waals surface area contributed by atoms with Crippen molar-refractivity contribution in [3.05, 3.63) is 54.4 Å². The van der Waals surface area contributed by atoms with Crippen molar-refractivity contribution in [3.8, 4) is 11.5 Å². The van der Waals surface area contributed by atoms with E-state index in [1.165, 1.54) is 0 Å². The Bertz CT molecular complexity index is 1000. The summed E-state index contributed by atoms with van der Waals surface area (Å²) in [5, 5.41) is 3.18. The normalized spacial score (nSPS) is 14.3. The largest absolute Gasteiger partial charge is 0.497 e. The molecule has 162 valence electrons. The lowest BCUT2D eigenvalue weighted by molar-refractivity contribution is 0.243. The van der Waals surface area contributed by atoms with E-state index in [9.17, 15) is 0 Å². The van der Waals surface area contributed by atoms with Gasteiger partial charge in [0.15, 0.2) is 0 Å². The van der Waals surface area contributed by atoms with Gasteiger partial charge < -0.3 is 25.4 Å². The smallest absolute Gasteiger partial charge is 0.232 e. The summed E-state index contributed by atoms with van der Waals surface area (Å²) in [6, 6.07) is 15.6. The zero-order chi connectivity index (χ0) is 21.6. The van der Waals surface area contributed by atoms with Gasteiger partial charge in [-0.1, -0.05) is 12.1 Å². The lowest BCUT2D eigenvalue weighted by atomic mass is 10.2. The summed E-state index contributed by atoms with van der Waals surface area (Å²) in [6.45, 7) is 4.20. The van der Waals surface area contributed by atoms with Crippen LogP contribution in [0.1, 0.15) is 5.82 Å². The molecule has 3 aromatic rings. The number of nitrogen functional groups attached to an aromatic ring is 1. The van der Waals surface area contributed by atoms with Crippen molar-refractivity contribution >= 4 is 23.3 Å². The van der Waals surface area contributed by atoms with Crippen molar-refractivity contribution in [1.29, 1.82) is 0 Å². The van der Waals surface area contributed by atoms with Crippen molar-refractivity contribution < 1.29 is 9.47 Å². The number of nitrogens with one attached hydrogen (secondary N) is 1. The van der Waals surface area contributed by atoms with Crippen LogP contribution in [0.4, 0.5) is 23.3 Å². The number of piperazine rings is 1. The summed E-state index contributed by atoms with van der Waals surface area (Å²) < 4.78 is 10.7. The van der Waals surface area contributed by atoms with E-state index in [0.29, 0.717) is 18.3 Å². The maximum absolute atomic E-state index is 5.93. The first-order valence-corrected chi connectivity index (χ1v) is 10.2. The third kappa shape index (κ3) is 5.13. The number of hydrogen-bond acceptors (Lipinski definition) is 9. The molecule has 1 aromatic heterocycles. The molecule has 1 aliphatic heterocycles. The van der Waals surface area contributed by atoms with Gasteiger partial charge in [0.2, 0.25) is 11.9 Å². The number of ether oxygens (including phenoxy) is 2. The number of nitrogens with zero attached hydrogens (tertiary/aromatic N) is 5. The van der Waals surface area contributed by atoms with Gasteiger partial charge in [-0.15, -0.1) is 0 Å². The Balaban J connectivity index is 1.38. The summed E-state index contributed by atoms with van der Waals surface area (Å²) in [5.74, 6) is 2.97. The molecule has 2 heterocycles. The molecule has 0 atom stereocenters. The summed E-state index contributed by atoms with van der Waals surface area (Å²) in [6.07, 6.45) is 0. The Morgan fingerprint density at radius 1 is 0.903 bits per heavy atom. The average molecular weight is 422 g/mol. The molecule has 4 rings (SSSR count). The Morgan fingerprint density at radius 3 is 2.35 bits per heavy atom. The number of aromatic nitrogens is 3. The number of rotatable bonds is 7. The van der Waals surface area contributed by atoms with Gasteiger partial charge in [0.1, 0.15) is 17.3 Å². The van der Waals surface area contributed by atoms with Crippen LogP contribution in [-0.2, 0) is 6.54 Å². The predicted octanol–water partition coefficient (Wildman–Crippen LogP) is 2.54. The molecule has 0 unspecified atom stereocenters. The Labute approximate surface area is 181 Å². The highest BCUT2D eigenvalue weighted by molar-refractivity contribution is 5.58. The number of methoxy groups -OCH3 is 2. The first-order chi connectivity index (χ1) is 15.1. The summed E-state index contributed by atoms with van der Waals surface area (Å²) in [4.78, 5) is 17.7. The van der Waals surface area contributed by atoms with Gasteiger partial charge in [0.05, 0.1) is 26.5 Å². The van der Waals surface area contributed by atoms with Crippen LogP contribution < -0.4 is 25.4 Å². The first kappa shape index (κ1) is 20.7. The van der Waals surface area contributed by atoms with Gasteiger partial charge in [-0.25, -0.2) is 0 Å². The second kappa shape index (κ2) is 9.48. The lowest BCUT2D eigenvalue weighted by Crippen LogP contribution is -2.46. The predicted molar refractivity (Wildman–Crippen MR) is 121 cm³/mol. The number of hydrogen-bond donors (Lipinski definition) is 2. The van der Waals surface area contributed by atoms with Gasteiger partial charge in [0, 0.05) is 31.9 Å². The maximum atomic E-state index is 5.93. The van der Waals surface area contributed by atoms with E-state index in [2.05, 4.69) is 36.1 Å². The van der Waals surface area contributed by atoms with E-state index >= 15 is 0 Å². The zero-order valence-corrected chi connectivity index (χ0v) is 17.8. The van der Waals surface area contributed by atoms with Crippen LogP contribution in [0.2, 0.25) is 0 Å². The molecule has 0 aliphatic carbocycles. The van der Waals surface area contributed by atoms with E-state index < -0.39 is 0 Å². The van der Waals surface area contributed by atoms with Crippen LogP contribution in [0, 0.1) is 0 Å². The molecule has 0 spiro atoms. The Hall–Kier alpha value is -3.59. The van der Waals surface area contributed by atoms with Crippen LogP contribution in [0.3, 0.4) is 0 Å². The molecule has 3 N–H and O–H groups in total. The van der Waals surface area contributed by atoms with Crippen molar-refractivity contribution in [3.63, 3.8) is 0 Å². The number of anilines is 4. The lowest BCUT2D eigenvalue weighted by Gasteiger charge is -2.36. The van der Waals surface area contributed by atoms with Crippen LogP contribution in [0.15, 0.2) is 48.5 Å². The van der Waals surface area contributed by atoms with Crippen molar-refractivity contribution in [1.82, 2.24) is 19.9 Å². The fraction of sp³-hybridized carbons (Fsp3) is 0.318. The topological polar surface area (TPSA) is 102 Å². The van der Waals surface area contributed by atoms with Crippen LogP contribution in [0.25, 0.3) is 0 Å². The molecule has 1 aliphatic rings. The quantitative estimate of drug-likeness (QED) is 0.596. The third-order valence-electron chi connectivity index (χ3n) is 5.21. The molecule has 9 nitrogen and oxygen atoms in total. The van der Waals surface area contributed by atoms with Gasteiger partial charge in [-0.3, -0.25) is 4.90 Å². The van der Waals surface area contributed by atoms with Crippen LogP contribution in [-0.4, -0.2) is 60.3 Å². The van der Waals surface area contributed by atoms with E-state index in [1.807, 2.05) is 42.5 Å². The monoisotopic (exact) mass is 421 g/mol. The second-order valence-corrected chi connectivity index (χ2v) is 7.22. The highest BCUT2D eigenvalue weighted by atomic mass is 16.5. The Kier molecular flexibility index (Phi) is 6.32. The van der Waals surface area contributed by atoms with Gasteiger partial charge in [-0.2, -0.15) is 15.0 Å². The molecule has 1 fully saturated rings. The average Bonchev–Trinajstić information content (AvgIpc) is 2.80. The van der Waals surface area contributed by atoms with Gasteiger partial charge >= 0.3 is 0 Å². The van der Waals surface area contributed by atoms with E-state index in [0.717, 1.165) is 49.1 Å². The first-order valence-electron chi connectivity index (χ1n) is 10.2. The molecule has 9 heteroatoms. The fourth-order valence-corrected chi connectivity index (χ4v) is 3.61. The molecule has 0 saturated carbocycles. The standard InChI is InChI=1S/C22H27N7O2/c1-30-17-9-7-16(8-10-17)24-22-26-20(25-21(23)27-22)15-28-11-13-29(14-12-28)18-5-3-4-6-19(18)31-2/h3-10H,11-15H2,1-2H3,(H3,23,24,25,26,27). The van der Waals surface area contributed by atoms with Crippen molar-refractivity contribution in [2.24, 2.45) is 0 Å². The minimum absolute atomic E-state index is 0.202. The van der Waals surface area contributed by atoms with E-state index in [-0.39, 0.29) is 5.95 Å². The molecule has 0 bridgehead atoms. The van der Waals surface area contributed by atoms with E-state index in [1.54, 1.807) is 14.2 Å². The SMILES string of the molecule is COc1ccc(Nc2nc(N)nc(CN3CCN(c4ccccc4OC)CC3)n2)cc1. The van der Waals surface area contributed by atoms with E-state index in [4.69, 9.17) is 15.2 Å². The van der Waals surface area contributed by atoms with Crippen LogP contribution >= 0.6 is 0 Å². The highest BCUT2D eigenvalue weighted by Crippen LogP contribution is 2.28. The van der Waals surface area contributed by atoms with Gasteiger partial charge in [-0.05, 0) is 36.4 Å². The summed E-state index contributed by atoms with van der Waals surface area (Å²) >= 11 is 0. The van der Waals surface area contributed by atoms with Gasteiger partial charge in [0.25, 0.3) is 0 Å². The molecular weight excluding hydrogens is 394 g/mol. The molecule has 2 aromatic carbocycles. The minimum atomic E-state index is 0.202. The van der Waals surface area contributed by atoms with Crippen molar-refractivity contribution in [2.75, 3.05) is 56.3 Å². The van der Waals surface area contributed by atoms with Crippen LogP contribution in [0.5, 0.6) is 11.5 Å². The number of benzene rings is 2. The maximum Gasteiger partial charge on any atom is 0.232 e. The highest BCUT2D eigenvalue weighted by Gasteiger charge is 2.20. The minimum Gasteiger partial charge on any atom is -0.497 e. The van der Waals surface area contributed by atoms with Crippen molar-refractivity contribution in [2.45, 2.75) is 6.54 Å². The molecule has 0 amide bonds. The molecule has 1 saturated heterocycles. The molecular formula is C22H27N7O2. The number of para-hydroxylation sites is 2. The third-order valence-corrected chi connectivity index (χ3v) is 5.21. The summed E-state index contributed by atoms with van der Waals surface area (Å²) in [5.41, 5.74) is 7.91. The fourth-order valence-electron chi connectivity index (χ4n) is 3.61. The second-order valence-electron chi connectivity index (χ2n) is 7.22. The molecule has 0 radical (unpaired) electrons. The number of nitrogens with two attached hydrogens (primary N) is 1.